The number of hydrogen-bond acceptors (Lipinski definition) is 3. The van der Waals surface area contributed by atoms with Crippen LogP contribution in [-0.2, 0) is 17.9 Å². The number of carbonyl (C=O) groups excluding carboxylic acids is 1. The average Bonchev–Trinajstić information content (AvgIpc) is 2.58. The van der Waals surface area contributed by atoms with Crippen LogP contribution in [0.1, 0.15) is 35.3 Å². The van der Waals surface area contributed by atoms with E-state index in [0.29, 0.717) is 5.56 Å². The van der Waals surface area contributed by atoms with Crippen molar-refractivity contribution in [2.45, 2.75) is 27.0 Å². The summed E-state index contributed by atoms with van der Waals surface area (Å²) in [6.07, 6.45) is 0. The van der Waals surface area contributed by atoms with E-state index in [1.54, 1.807) is 12.1 Å². The second-order valence-electron chi connectivity index (χ2n) is 5.36. The van der Waals surface area contributed by atoms with E-state index in [2.05, 4.69) is 46.8 Å². The topological polar surface area (TPSA) is 29.5 Å². The number of nitrogens with zero attached hydrogens (tertiary/aromatic N) is 1. The molecule has 0 saturated carbocycles. The van der Waals surface area contributed by atoms with Gasteiger partial charge in [-0.3, -0.25) is 4.90 Å². The smallest absolute Gasteiger partial charge is 0.338 e. The zero-order valence-corrected chi connectivity index (χ0v) is 15.2. The maximum absolute atomic E-state index is 12.0. The predicted molar refractivity (Wildman–Crippen MR) is 96.3 cm³/mol. The average molecular weight is 376 g/mol. The van der Waals surface area contributed by atoms with E-state index >= 15 is 0 Å². The first-order valence-corrected chi connectivity index (χ1v) is 8.64. The highest BCUT2D eigenvalue weighted by atomic mass is 79.9. The molecule has 0 radical (unpaired) electrons. The van der Waals surface area contributed by atoms with E-state index in [9.17, 15) is 4.79 Å². The Hall–Kier alpha value is -1.65. The molecule has 2 aromatic rings. The largest absolute Gasteiger partial charge is 0.457 e. The van der Waals surface area contributed by atoms with Crippen molar-refractivity contribution in [3.05, 3.63) is 69.7 Å². The Kier molecular flexibility index (Phi) is 6.81. The fourth-order valence-corrected chi connectivity index (χ4v) is 2.69. The Balaban J connectivity index is 1.90. The zero-order chi connectivity index (χ0) is 16.7. The number of rotatable bonds is 7. The van der Waals surface area contributed by atoms with Crippen LogP contribution in [-0.4, -0.2) is 24.0 Å². The van der Waals surface area contributed by atoms with Crippen LogP contribution < -0.4 is 0 Å². The van der Waals surface area contributed by atoms with Gasteiger partial charge in [0.2, 0.25) is 0 Å². The van der Waals surface area contributed by atoms with Crippen LogP contribution in [0.3, 0.4) is 0 Å². The minimum atomic E-state index is -0.307. The van der Waals surface area contributed by atoms with E-state index in [-0.39, 0.29) is 12.6 Å². The normalized spacial score (nSPS) is 10.8. The van der Waals surface area contributed by atoms with E-state index in [1.165, 1.54) is 5.56 Å². The van der Waals surface area contributed by atoms with Crippen molar-refractivity contribution in [1.29, 1.82) is 0 Å². The molecule has 0 aromatic heterocycles. The molecule has 2 rings (SSSR count). The maximum Gasteiger partial charge on any atom is 0.338 e. The molecule has 0 fully saturated rings. The van der Waals surface area contributed by atoms with E-state index in [1.807, 2.05) is 24.3 Å². The molecule has 23 heavy (non-hydrogen) atoms. The van der Waals surface area contributed by atoms with Gasteiger partial charge in [-0.2, -0.15) is 0 Å². The van der Waals surface area contributed by atoms with Crippen molar-refractivity contribution in [3.8, 4) is 0 Å². The van der Waals surface area contributed by atoms with Crippen LogP contribution >= 0.6 is 15.9 Å². The standard InChI is InChI=1S/C19H22BrNO2/c1-3-21(4-2)13-15-8-10-16(11-9-15)14-23-19(22)17-6-5-7-18(20)12-17/h5-12H,3-4,13-14H2,1-2H3. The number of benzene rings is 2. The highest BCUT2D eigenvalue weighted by Crippen LogP contribution is 2.14. The minimum Gasteiger partial charge on any atom is -0.457 e. The summed E-state index contributed by atoms with van der Waals surface area (Å²) >= 11 is 3.35. The Morgan fingerprint density at radius 3 is 2.30 bits per heavy atom. The number of halogens is 1. The molecule has 0 unspecified atom stereocenters. The Labute approximate surface area is 146 Å². The number of carbonyl (C=O) groups is 1. The van der Waals surface area contributed by atoms with Crippen LogP contribution in [0.4, 0.5) is 0 Å². The molecule has 0 N–H and O–H groups in total. The summed E-state index contributed by atoms with van der Waals surface area (Å²) in [5.41, 5.74) is 2.82. The van der Waals surface area contributed by atoms with Crippen molar-refractivity contribution in [3.63, 3.8) is 0 Å². The first-order chi connectivity index (χ1) is 11.1. The molecule has 2 aromatic carbocycles. The van der Waals surface area contributed by atoms with E-state index < -0.39 is 0 Å². The number of hydrogen-bond donors (Lipinski definition) is 0. The van der Waals surface area contributed by atoms with Crippen molar-refractivity contribution >= 4 is 21.9 Å². The lowest BCUT2D eigenvalue weighted by Crippen LogP contribution is -2.22. The van der Waals surface area contributed by atoms with Gasteiger partial charge in [0.15, 0.2) is 0 Å². The molecule has 0 saturated heterocycles. The highest BCUT2D eigenvalue weighted by Gasteiger charge is 2.08. The van der Waals surface area contributed by atoms with E-state index in [0.717, 1.165) is 29.7 Å². The van der Waals surface area contributed by atoms with Gasteiger partial charge < -0.3 is 4.74 Å². The molecule has 3 nitrogen and oxygen atoms in total. The zero-order valence-electron chi connectivity index (χ0n) is 13.6. The van der Waals surface area contributed by atoms with Gasteiger partial charge in [0, 0.05) is 11.0 Å². The van der Waals surface area contributed by atoms with Gasteiger partial charge in [-0.15, -0.1) is 0 Å². The third kappa shape index (κ3) is 5.48. The summed E-state index contributed by atoms with van der Waals surface area (Å²) in [4.78, 5) is 14.4. The molecule has 0 heterocycles. The molecular weight excluding hydrogens is 354 g/mol. The number of ether oxygens (including phenoxy) is 1. The van der Waals surface area contributed by atoms with Gasteiger partial charge in [0.05, 0.1) is 5.56 Å². The monoisotopic (exact) mass is 375 g/mol. The van der Waals surface area contributed by atoms with Crippen molar-refractivity contribution in [2.75, 3.05) is 13.1 Å². The lowest BCUT2D eigenvalue weighted by Gasteiger charge is -2.18. The first kappa shape index (κ1) is 17.7. The summed E-state index contributed by atoms with van der Waals surface area (Å²) in [6.45, 7) is 7.66. The third-order valence-corrected chi connectivity index (χ3v) is 4.25. The summed E-state index contributed by atoms with van der Waals surface area (Å²) < 4.78 is 6.23. The van der Waals surface area contributed by atoms with Gasteiger partial charge in [-0.25, -0.2) is 4.79 Å². The third-order valence-electron chi connectivity index (χ3n) is 3.75. The number of esters is 1. The van der Waals surface area contributed by atoms with Gasteiger partial charge in [-0.1, -0.05) is 60.1 Å². The fraction of sp³-hybridized carbons (Fsp3) is 0.316. The molecule has 122 valence electrons. The Morgan fingerprint density at radius 2 is 1.70 bits per heavy atom. The molecule has 0 amide bonds. The molecule has 0 spiro atoms. The van der Waals surface area contributed by atoms with Crippen LogP contribution in [0.15, 0.2) is 53.0 Å². The van der Waals surface area contributed by atoms with Gasteiger partial charge in [-0.05, 0) is 42.4 Å². The molecule has 0 aliphatic rings. The lowest BCUT2D eigenvalue weighted by molar-refractivity contribution is 0.0472. The van der Waals surface area contributed by atoms with Crippen molar-refractivity contribution in [2.24, 2.45) is 0 Å². The second kappa shape index (κ2) is 8.85. The molecule has 0 aliphatic heterocycles. The first-order valence-electron chi connectivity index (χ1n) is 7.85. The van der Waals surface area contributed by atoms with Crippen LogP contribution in [0.25, 0.3) is 0 Å². The van der Waals surface area contributed by atoms with Crippen LogP contribution in [0.2, 0.25) is 0 Å². The summed E-state index contributed by atoms with van der Waals surface area (Å²) in [6, 6.07) is 15.4. The molecule has 4 heteroatoms. The molecule has 0 atom stereocenters. The van der Waals surface area contributed by atoms with Crippen LogP contribution in [0.5, 0.6) is 0 Å². The van der Waals surface area contributed by atoms with Gasteiger partial charge in [0.25, 0.3) is 0 Å². The Morgan fingerprint density at radius 1 is 1.04 bits per heavy atom. The van der Waals surface area contributed by atoms with Crippen LogP contribution in [0, 0.1) is 0 Å². The second-order valence-corrected chi connectivity index (χ2v) is 6.28. The summed E-state index contributed by atoms with van der Waals surface area (Å²) in [7, 11) is 0. The quantitative estimate of drug-likeness (QED) is 0.659. The Bertz CT molecular complexity index is 636. The lowest BCUT2D eigenvalue weighted by atomic mass is 10.1. The predicted octanol–water partition coefficient (Wildman–Crippen LogP) is 4.65. The summed E-state index contributed by atoms with van der Waals surface area (Å²) in [5, 5.41) is 0. The molecular formula is C19H22BrNO2. The summed E-state index contributed by atoms with van der Waals surface area (Å²) in [5.74, 6) is -0.307. The van der Waals surface area contributed by atoms with E-state index in [4.69, 9.17) is 4.74 Å². The van der Waals surface area contributed by atoms with Crippen molar-refractivity contribution in [1.82, 2.24) is 4.90 Å². The minimum absolute atomic E-state index is 0.289. The maximum atomic E-state index is 12.0. The highest BCUT2D eigenvalue weighted by molar-refractivity contribution is 9.10. The van der Waals surface area contributed by atoms with Crippen molar-refractivity contribution < 1.29 is 9.53 Å². The van der Waals surface area contributed by atoms with Gasteiger partial charge >= 0.3 is 5.97 Å². The molecule has 0 aliphatic carbocycles. The SMILES string of the molecule is CCN(CC)Cc1ccc(COC(=O)c2cccc(Br)c2)cc1. The fourth-order valence-electron chi connectivity index (χ4n) is 2.29. The molecule has 0 bridgehead atoms. The van der Waals surface area contributed by atoms with Gasteiger partial charge in [0.1, 0.15) is 6.61 Å².